The molecular weight excluding hydrogens is 140 g/mol. The first kappa shape index (κ1) is 7.91. The smallest absolute Gasteiger partial charge is 0.159 e. The van der Waals surface area contributed by atoms with Crippen LogP contribution in [-0.2, 0) is 5.54 Å². The van der Waals surface area contributed by atoms with E-state index in [0.717, 1.165) is 0 Å². The Balaban J connectivity index is 2.98. The van der Waals surface area contributed by atoms with Crippen molar-refractivity contribution in [2.75, 3.05) is 0 Å². The molecule has 0 fully saturated rings. The molecule has 0 aromatic carbocycles. The van der Waals surface area contributed by atoms with Crippen LogP contribution < -0.4 is 0 Å². The number of hydrogen-bond acceptors (Lipinski definition) is 3. The van der Waals surface area contributed by atoms with E-state index in [4.69, 9.17) is 0 Å². The summed E-state index contributed by atoms with van der Waals surface area (Å²) in [5.74, 6) is 0.569. The average Bonchev–Trinajstić information content (AvgIpc) is 2.32. The van der Waals surface area contributed by atoms with E-state index in [1.807, 2.05) is 20.8 Å². The second-order valence-corrected chi connectivity index (χ2v) is 3.31. The molecular formula is C7H12N4. The third kappa shape index (κ3) is 1.63. The maximum Gasteiger partial charge on any atom is 0.197 e. The van der Waals surface area contributed by atoms with Crippen LogP contribution in [0.25, 0.3) is 6.08 Å². The van der Waals surface area contributed by atoms with E-state index in [0.29, 0.717) is 5.82 Å². The standard InChI is InChI=1S/C7H12N4/c1-5-6-8-10-11(9-6)7(2,3)4/h5H,1H2,2-4H3. The van der Waals surface area contributed by atoms with Gasteiger partial charge in [0, 0.05) is 0 Å². The Morgan fingerprint density at radius 3 is 2.36 bits per heavy atom. The lowest BCUT2D eigenvalue weighted by molar-refractivity contribution is 0.306. The van der Waals surface area contributed by atoms with Crippen molar-refractivity contribution >= 4 is 6.08 Å². The van der Waals surface area contributed by atoms with E-state index in [2.05, 4.69) is 22.0 Å². The second kappa shape index (κ2) is 2.45. The van der Waals surface area contributed by atoms with Crippen LogP contribution in [0, 0.1) is 0 Å². The summed E-state index contributed by atoms with van der Waals surface area (Å²) < 4.78 is 0. The highest BCUT2D eigenvalue weighted by Crippen LogP contribution is 2.08. The van der Waals surface area contributed by atoms with E-state index in [1.165, 1.54) is 0 Å². The highest BCUT2D eigenvalue weighted by molar-refractivity contribution is 5.33. The minimum absolute atomic E-state index is 0.103. The molecule has 60 valence electrons. The Kier molecular flexibility index (Phi) is 1.76. The Morgan fingerprint density at radius 1 is 1.45 bits per heavy atom. The van der Waals surface area contributed by atoms with Crippen molar-refractivity contribution in [3.8, 4) is 0 Å². The molecule has 0 saturated heterocycles. The zero-order valence-electron chi connectivity index (χ0n) is 7.07. The third-order valence-electron chi connectivity index (χ3n) is 1.21. The van der Waals surface area contributed by atoms with E-state index < -0.39 is 0 Å². The molecule has 0 unspecified atom stereocenters. The largest absolute Gasteiger partial charge is 0.197 e. The van der Waals surface area contributed by atoms with Crippen molar-refractivity contribution in [3.05, 3.63) is 12.4 Å². The second-order valence-electron chi connectivity index (χ2n) is 3.31. The van der Waals surface area contributed by atoms with Gasteiger partial charge in [0.1, 0.15) is 0 Å². The first-order valence-corrected chi connectivity index (χ1v) is 3.47. The maximum atomic E-state index is 4.08. The number of hydrogen-bond donors (Lipinski definition) is 0. The van der Waals surface area contributed by atoms with Crippen molar-refractivity contribution in [2.45, 2.75) is 26.3 Å². The van der Waals surface area contributed by atoms with Crippen LogP contribution in [0.5, 0.6) is 0 Å². The van der Waals surface area contributed by atoms with Crippen molar-refractivity contribution in [3.63, 3.8) is 0 Å². The van der Waals surface area contributed by atoms with Crippen LogP contribution in [0.2, 0.25) is 0 Å². The van der Waals surface area contributed by atoms with Gasteiger partial charge < -0.3 is 0 Å². The van der Waals surface area contributed by atoms with Crippen molar-refractivity contribution in [1.82, 2.24) is 20.2 Å². The molecule has 0 aliphatic rings. The first-order chi connectivity index (χ1) is 5.04. The molecule has 0 atom stereocenters. The van der Waals surface area contributed by atoms with Gasteiger partial charge in [-0.1, -0.05) is 6.58 Å². The molecule has 11 heavy (non-hydrogen) atoms. The predicted molar refractivity (Wildman–Crippen MR) is 42.9 cm³/mol. The van der Waals surface area contributed by atoms with Crippen molar-refractivity contribution in [1.29, 1.82) is 0 Å². The molecule has 1 aromatic heterocycles. The maximum absolute atomic E-state index is 4.08. The van der Waals surface area contributed by atoms with Crippen molar-refractivity contribution in [2.24, 2.45) is 0 Å². The van der Waals surface area contributed by atoms with Gasteiger partial charge in [0.05, 0.1) is 5.54 Å². The Labute approximate surface area is 65.9 Å². The van der Waals surface area contributed by atoms with Crippen molar-refractivity contribution < 1.29 is 0 Å². The lowest BCUT2D eigenvalue weighted by Crippen LogP contribution is -2.24. The molecule has 0 saturated carbocycles. The predicted octanol–water partition coefficient (Wildman–Crippen LogP) is 1.07. The summed E-state index contributed by atoms with van der Waals surface area (Å²) >= 11 is 0. The topological polar surface area (TPSA) is 43.6 Å². The fourth-order valence-electron chi connectivity index (χ4n) is 0.591. The van der Waals surface area contributed by atoms with E-state index >= 15 is 0 Å². The monoisotopic (exact) mass is 152 g/mol. The van der Waals surface area contributed by atoms with E-state index in [-0.39, 0.29) is 5.54 Å². The summed E-state index contributed by atoms with van der Waals surface area (Å²) in [5.41, 5.74) is -0.103. The highest BCUT2D eigenvalue weighted by Gasteiger charge is 2.15. The summed E-state index contributed by atoms with van der Waals surface area (Å²) in [6.45, 7) is 9.59. The van der Waals surface area contributed by atoms with Gasteiger partial charge in [-0.05, 0) is 32.1 Å². The minimum Gasteiger partial charge on any atom is -0.159 e. The molecule has 4 heteroatoms. The fourth-order valence-corrected chi connectivity index (χ4v) is 0.591. The normalized spacial score (nSPS) is 11.5. The van der Waals surface area contributed by atoms with Crippen LogP contribution in [0.15, 0.2) is 6.58 Å². The van der Waals surface area contributed by atoms with E-state index in [9.17, 15) is 0 Å². The lowest BCUT2D eigenvalue weighted by atomic mass is 10.1. The minimum atomic E-state index is -0.103. The lowest BCUT2D eigenvalue weighted by Gasteiger charge is -2.15. The Hall–Kier alpha value is -1.19. The molecule has 1 heterocycles. The first-order valence-electron chi connectivity index (χ1n) is 3.47. The summed E-state index contributed by atoms with van der Waals surface area (Å²) in [5, 5.41) is 11.7. The van der Waals surface area contributed by atoms with Crippen LogP contribution in [0.3, 0.4) is 0 Å². The fraction of sp³-hybridized carbons (Fsp3) is 0.571. The number of nitrogens with zero attached hydrogens (tertiary/aromatic N) is 4. The molecule has 0 spiro atoms. The molecule has 1 rings (SSSR count). The quantitative estimate of drug-likeness (QED) is 0.604. The molecule has 1 aromatic rings. The highest BCUT2D eigenvalue weighted by atomic mass is 15.6. The van der Waals surface area contributed by atoms with Gasteiger partial charge in [0.15, 0.2) is 5.82 Å². The average molecular weight is 152 g/mol. The SMILES string of the molecule is C=Cc1nnn(C(C)(C)C)n1. The Morgan fingerprint density at radius 2 is 2.09 bits per heavy atom. The zero-order chi connectivity index (χ0) is 8.48. The summed E-state index contributed by atoms with van der Waals surface area (Å²) in [4.78, 5) is 1.57. The molecule has 0 bridgehead atoms. The number of aromatic nitrogens is 4. The van der Waals surface area contributed by atoms with Crippen LogP contribution in [0.4, 0.5) is 0 Å². The van der Waals surface area contributed by atoms with Crippen LogP contribution >= 0.6 is 0 Å². The molecule has 0 radical (unpaired) electrons. The van der Waals surface area contributed by atoms with Gasteiger partial charge in [0.2, 0.25) is 0 Å². The van der Waals surface area contributed by atoms with Gasteiger partial charge in [-0.15, -0.1) is 10.2 Å². The molecule has 0 amide bonds. The Bertz CT molecular complexity index is 256. The molecule has 4 nitrogen and oxygen atoms in total. The summed E-state index contributed by atoms with van der Waals surface area (Å²) in [6, 6.07) is 0. The van der Waals surface area contributed by atoms with Gasteiger partial charge in [-0.25, -0.2) is 0 Å². The summed E-state index contributed by atoms with van der Waals surface area (Å²) in [6.07, 6.45) is 1.58. The summed E-state index contributed by atoms with van der Waals surface area (Å²) in [7, 11) is 0. The molecule has 0 aliphatic heterocycles. The van der Waals surface area contributed by atoms with Gasteiger partial charge in [-0.2, -0.15) is 4.80 Å². The van der Waals surface area contributed by atoms with Crippen LogP contribution in [-0.4, -0.2) is 20.2 Å². The van der Waals surface area contributed by atoms with Gasteiger partial charge >= 0.3 is 0 Å². The van der Waals surface area contributed by atoms with E-state index in [1.54, 1.807) is 10.9 Å². The number of tetrazole rings is 1. The zero-order valence-corrected chi connectivity index (χ0v) is 7.07. The third-order valence-corrected chi connectivity index (χ3v) is 1.21. The van der Waals surface area contributed by atoms with Gasteiger partial charge in [0.25, 0.3) is 0 Å². The number of rotatable bonds is 1. The molecule has 0 aliphatic carbocycles. The van der Waals surface area contributed by atoms with Gasteiger partial charge in [-0.3, -0.25) is 0 Å². The molecule has 0 N–H and O–H groups in total. The van der Waals surface area contributed by atoms with Crippen LogP contribution in [0.1, 0.15) is 26.6 Å².